The van der Waals surface area contributed by atoms with Gasteiger partial charge in [0.15, 0.2) is 0 Å². The first-order chi connectivity index (χ1) is 11.9. The molecule has 0 atom stereocenters. The van der Waals surface area contributed by atoms with Crippen LogP contribution < -0.4 is 10.8 Å². The fourth-order valence-corrected chi connectivity index (χ4v) is 1.77. The van der Waals surface area contributed by atoms with Crippen LogP contribution >= 0.6 is 0 Å². The molecule has 1 aromatic heterocycles. The van der Waals surface area contributed by atoms with Gasteiger partial charge in [0.2, 0.25) is 0 Å². The molecule has 0 saturated carbocycles. The number of unbranched alkanes of at least 4 members (excludes halogenated alkanes) is 1. The van der Waals surface area contributed by atoms with Gasteiger partial charge in [-0.1, -0.05) is 54.3 Å². The van der Waals surface area contributed by atoms with Crippen molar-refractivity contribution in [2.75, 3.05) is 11.9 Å². The number of alkyl halides is 2. The van der Waals surface area contributed by atoms with E-state index in [1.54, 1.807) is 6.82 Å². The molecule has 1 heterocycles. The molecule has 0 radical (unpaired) electrons. The summed E-state index contributed by atoms with van der Waals surface area (Å²) in [7, 11) is 0. The van der Waals surface area contributed by atoms with Gasteiger partial charge in [-0.05, 0) is 30.8 Å². The van der Waals surface area contributed by atoms with E-state index in [1.165, 1.54) is 18.9 Å². The highest BCUT2D eigenvalue weighted by Gasteiger charge is 2.36. The smallest absolute Gasteiger partial charge is 0.327 e. The van der Waals surface area contributed by atoms with Crippen LogP contribution in [0.4, 0.5) is 19.0 Å². The van der Waals surface area contributed by atoms with Crippen LogP contribution in [0.2, 0.25) is 6.82 Å². The second kappa shape index (κ2) is 10.8. The molecule has 1 N–H and O–H groups in total. The molecule has 3 nitrogen and oxygen atoms in total. The largest absolute Gasteiger partial charge is 0.426 e. The van der Waals surface area contributed by atoms with Crippen LogP contribution in [0.15, 0.2) is 12.3 Å². The molecule has 0 bridgehead atoms. The number of halogens is 3. The summed E-state index contributed by atoms with van der Waals surface area (Å²) in [5.41, 5.74) is -0.199. The van der Waals surface area contributed by atoms with Crippen molar-refractivity contribution in [1.82, 2.24) is 4.98 Å². The SMILES string of the molecule is CB(OC(C)(C)C(C)(C)C)c1cc(F)cnc1NCC(F)F.CCCC. The summed E-state index contributed by atoms with van der Waals surface area (Å²) in [6.45, 7) is 15.1. The average Bonchev–Trinajstić information content (AvgIpc) is 2.52. The zero-order chi connectivity index (χ0) is 20.5. The number of hydrogen-bond donors (Lipinski definition) is 1. The Bertz CT molecular complexity index is 532. The van der Waals surface area contributed by atoms with Crippen LogP contribution in [-0.4, -0.2) is 30.5 Å². The van der Waals surface area contributed by atoms with Gasteiger partial charge in [-0.15, -0.1) is 0 Å². The summed E-state index contributed by atoms with van der Waals surface area (Å²) in [4.78, 5) is 3.86. The molecule has 0 unspecified atom stereocenters. The van der Waals surface area contributed by atoms with Crippen LogP contribution in [0, 0.1) is 11.2 Å². The van der Waals surface area contributed by atoms with Gasteiger partial charge in [-0.2, -0.15) is 0 Å². The molecule has 0 aliphatic heterocycles. The van der Waals surface area contributed by atoms with Crippen molar-refractivity contribution in [2.45, 2.75) is 80.2 Å². The van der Waals surface area contributed by atoms with Gasteiger partial charge in [0.1, 0.15) is 11.6 Å². The molecule has 0 fully saturated rings. The lowest BCUT2D eigenvalue weighted by Crippen LogP contribution is -2.47. The van der Waals surface area contributed by atoms with Gasteiger partial charge >= 0.3 is 6.92 Å². The van der Waals surface area contributed by atoms with Crippen molar-refractivity contribution in [3.63, 3.8) is 0 Å². The number of pyridine rings is 1. The summed E-state index contributed by atoms with van der Waals surface area (Å²) < 4.78 is 44.3. The topological polar surface area (TPSA) is 34.1 Å². The zero-order valence-electron chi connectivity index (χ0n) is 17.4. The summed E-state index contributed by atoms with van der Waals surface area (Å²) >= 11 is 0. The van der Waals surface area contributed by atoms with E-state index in [0.29, 0.717) is 5.46 Å². The Morgan fingerprint density at radius 3 is 2.12 bits per heavy atom. The van der Waals surface area contributed by atoms with Crippen LogP contribution in [0.3, 0.4) is 0 Å². The number of nitrogens with zero attached hydrogens (tertiary/aromatic N) is 1. The molecule has 26 heavy (non-hydrogen) atoms. The maximum atomic E-state index is 13.5. The van der Waals surface area contributed by atoms with E-state index in [-0.39, 0.29) is 11.2 Å². The lowest BCUT2D eigenvalue weighted by atomic mass is 9.61. The molecule has 1 aromatic rings. The second-order valence-electron chi connectivity index (χ2n) is 7.88. The molecule has 0 amide bonds. The number of rotatable bonds is 7. The molecule has 0 spiro atoms. The molecule has 0 aliphatic carbocycles. The average molecular weight is 374 g/mol. The summed E-state index contributed by atoms with van der Waals surface area (Å²) in [6.07, 6.45) is 1.13. The Hall–Kier alpha value is -1.24. The van der Waals surface area contributed by atoms with Crippen molar-refractivity contribution < 1.29 is 17.8 Å². The first-order valence-electron chi connectivity index (χ1n) is 9.21. The molecule has 7 heteroatoms. The third-order valence-electron chi connectivity index (χ3n) is 4.52. The van der Waals surface area contributed by atoms with Gasteiger partial charge in [-0.25, -0.2) is 18.2 Å². The monoisotopic (exact) mass is 374 g/mol. The van der Waals surface area contributed by atoms with Crippen molar-refractivity contribution in [3.05, 3.63) is 18.1 Å². The van der Waals surface area contributed by atoms with Gasteiger partial charge in [0.25, 0.3) is 6.43 Å². The van der Waals surface area contributed by atoms with E-state index in [4.69, 9.17) is 4.65 Å². The Morgan fingerprint density at radius 1 is 1.15 bits per heavy atom. The Labute approximate surface area is 157 Å². The molecule has 0 aliphatic rings. The summed E-state index contributed by atoms with van der Waals surface area (Å²) in [5, 5.41) is 2.54. The maximum absolute atomic E-state index is 13.5. The first-order valence-corrected chi connectivity index (χ1v) is 9.21. The number of hydrogen-bond acceptors (Lipinski definition) is 3. The highest BCUT2D eigenvalue weighted by atomic mass is 19.3. The molecule has 0 saturated heterocycles. The lowest BCUT2D eigenvalue weighted by molar-refractivity contribution is 0.000451. The minimum Gasteiger partial charge on any atom is -0.426 e. The predicted octanol–water partition coefficient (Wildman–Crippen LogP) is 5.37. The zero-order valence-corrected chi connectivity index (χ0v) is 17.4. The molecule has 1 rings (SSSR count). The van der Waals surface area contributed by atoms with Gasteiger partial charge in [0, 0.05) is 0 Å². The standard InChI is InChI=1S/C15H24BF3N2O.C4H10/c1-14(2,3)15(4,5)22-16(6)11-7-10(17)8-20-13(11)21-9-12(18)19;1-3-4-2/h7-8,12H,9H2,1-6H3,(H,20,21);3-4H2,1-2H3. The van der Waals surface area contributed by atoms with E-state index in [9.17, 15) is 13.2 Å². The van der Waals surface area contributed by atoms with Crippen molar-refractivity contribution in [3.8, 4) is 0 Å². The minimum absolute atomic E-state index is 0.140. The molecule has 150 valence electrons. The maximum Gasteiger partial charge on any atom is 0.327 e. The van der Waals surface area contributed by atoms with E-state index in [1.807, 2.05) is 34.6 Å². The minimum atomic E-state index is -2.51. The van der Waals surface area contributed by atoms with E-state index < -0.39 is 31.3 Å². The lowest BCUT2D eigenvalue weighted by Gasteiger charge is -2.41. The van der Waals surface area contributed by atoms with Gasteiger partial charge < -0.3 is 9.97 Å². The predicted molar refractivity (Wildman–Crippen MR) is 105 cm³/mol. The third-order valence-corrected chi connectivity index (χ3v) is 4.52. The molecular formula is C19H34BF3N2O. The van der Waals surface area contributed by atoms with Crippen LogP contribution in [0.1, 0.15) is 61.3 Å². The highest BCUT2D eigenvalue weighted by molar-refractivity contribution is 6.67. The van der Waals surface area contributed by atoms with Crippen molar-refractivity contribution in [1.29, 1.82) is 0 Å². The normalized spacial score (nSPS) is 11.8. The van der Waals surface area contributed by atoms with Crippen molar-refractivity contribution >= 4 is 18.2 Å². The van der Waals surface area contributed by atoms with E-state index in [0.717, 1.165) is 6.20 Å². The summed E-state index contributed by atoms with van der Waals surface area (Å²) in [6, 6.07) is 1.27. The number of nitrogens with one attached hydrogen (secondary N) is 1. The fourth-order valence-electron chi connectivity index (χ4n) is 1.77. The van der Waals surface area contributed by atoms with Gasteiger partial charge in [-0.3, -0.25) is 0 Å². The van der Waals surface area contributed by atoms with Crippen LogP contribution in [0.25, 0.3) is 0 Å². The highest BCUT2D eigenvalue weighted by Crippen LogP contribution is 2.33. The van der Waals surface area contributed by atoms with E-state index >= 15 is 0 Å². The Kier molecular flexibility index (Phi) is 10.3. The quantitative estimate of drug-likeness (QED) is 0.651. The first kappa shape index (κ1) is 24.8. The second-order valence-corrected chi connectivity index (χ2v) is 7.88. The molecule has 0 aromatic carbocycles. The Balaban J connectivity index is 0.00000141. The van der Waals surface area contributed by atoms with Crippen LogP contribution in [0.5, 0.6) is 0 Å². The van der Waals surface area contributed by atoms with Crippen LogP contribution in [-0.2, 0) is 4.65 Å². The Morgan fingerprint density at radius 2 is 1.69 bits per heavy atom. The van der Waals surface area contributed by atoms with Gasteiger partial charge in [0.05, 0.1) is 18.3 Å². The summed E-state index contributed by atoms with van der Waals surface area (Å²) in [5.74, 6) is -0.305. The number of aromatic nitrogens is 1. The number of anilines is 1. The fraction of sp³-hybridized carbons (Fsp3) is 0.737. The third kappa shape index (κ3) is 8.43. The molecular weight excluding hydrogens is 340 g/mol. The van der Waals surface area contributed by atoms with Crippen molar-refractivity contribution in [2.24, 2.45) is 5.41 Å². The van der Waals surface area contributed by atoms with E-state index in [2.05, 4.69) is 24.1 Å².